The van der Waals surface area contributed by atoms with Gasteiger partial charge >= 0.3 is 0 Å². The summed E-state index contributed by atoms with van der Waals surface area (Å²) in [5, 5.41) is 3.77. The number of anilines is 1. The van der Waals surface area contributed by atoms with Crippen molar-refractivity contribution in [2.45, 2.75) is 26.2 Å². The average molecular weight is 257 g/mol. The molecule has 0 spiro atoms. The Morgan fingerprint density at radius 1 is 1.00 bits per heavy atom. The molecular formula is C16H19NS. The summed E-state index contributed by atoms with van der Waals surface area (Å²) in [6, 6.07) is 10.8. The van der Waals surface area contributed by atoms with E-state index in [1.54, 1.807) is 0 Å². The van der Waals surface area contributed by atoms with E-state index < -0.39 is 0 Å². The molecule has 0 atom stereocenters. The maximum absolute atomic E-state index is 2.57. The maximum atomic E-state index is 2.57. The third-order valence-corrected chi connectivity index (χ3v) is 4.82. The van der Waals surface area contributed by atoms with Crippen molar-refractivity contribution in [1.82, 2.24) is 0 Å². The van der Waals surface area contributed by atoms with Gasteiger partial charge < -0.3 is 4.90 Å². The summed E-state index contributed by atoms with van der Waals surface area (Å²) < 4.78 is 0. The predicted molar refractivity (Wildman–Crippen MR) is 80.6 cm³/mol. The van der Waals surface area contributed by atoms with E-state index in [1.165, 1.54) is 54.0 Å². The van der Waals surface area contributed by atoms with Gasteiger partial charge in [0.05, 0.1) is 5.00 Å². The van der Waals surface area contributed by atoms with E-state index in [1.807, 2.05) is 11.3 Å². The van der Waals surface area contributed by atoms with Crippen LogP contribution in [0.4, 0.5) is 5.00 Å². The van der Waals surface area contributed by atoms with E-state index >= 15 is 0 Å². The summed E-state index contributed by atoms with van der Waals surface area (Å²) in [5.41, 5.74) is 4.21. The predicted octanol–water partition coefficient (Wildman–Crippen LogP) is 4.71. The molecule has 0 aliphatic carbocycles. The molecule has 1 fully saturated rings. The molecule has 0 radical (unpaired) electrons. The number of rotatable bonds is 2. The SMILES string of the molecule is Cc1csc(N2CCCCC2)c1-c1ccccc1. The molecule has 2 heterocycles. The molecule has 0 unspecified atom stereocenters. The van der Waals surface area contributed by atoms with Crippen molar-refractivity contribution in [3.8, 4) is 11.1 Å². The van der Waals surface area contributed by atoms with Crippen molar-refractivity contribution in [3.05, 3.63) is 41.3 Å². The van der Waals surface area contributed by atoms with Gasteiger partial charge in [-0.3, -0.25) is 0 Å². The molecule has 94 valence electrons. The third-order valence-electron chi connectivity index (χ3n) is 3.66. The Kier molecular flexibility index (Phi) is 3.37. The van der Waals surface area contributed by atoms with E-state index in [9.17, 15) is 0 Å². The lowest BCUT2D eigenvalue weighted by Crippen LogP contribution is -2.28. The lowest BCUT2D eigenvalue weighted by atomic mass is 10.0. The molecule has 1 aromatic heterocycles. The number of aryl methyl sites for hydroxylation is 1. The van der Waals surface area contributed by atoms with E-state index in [4.69, 9.17) is 0 Å². The topological polar surface area (TPSA) is 3.24 Å². The molecule has 0 saturated carbocycles. The van der Waals surface area contributed by atoms with Crippen molar-refractivity contribution >= 4 is 16.3 Å². The molecular weight excluding hydrogens is 238 g/mol. The van der Waals surface area contributed by atoms with Gasteiger partial charge in [0.1, 0.15) is 0 Å². The number of benzene rings is 1. The minimum atomic E-state index is 1.22. The lowest BCUT2D eigenvalue weighted by Gasteiger charge is -2.28. The number of piperidine rings is 1. The van der Waals surface area contributed by atoms with Gasteiger partial charge in [-0.15, -0.1) is 11.3 Å². The van der Waals surface area contributed by atoms with Crippen LogP contribution >= 0.6 is 11.3 Å². The number of hydrogen-bond acceptors (Lipinski definition) is 2. The zero-order valence-corrected chi connectivity index (χ0v) is 11.7. The fourth-order valence-corrected chi connectivity index (χ4v) is 3.85. The van der Waals surface area contributed by atoms with E-state index in [2.05, 4.69) is 47.5 Å². The van der Waals surface area contributed by atoms with Gasteiger partial charge in [-0.25, -0.2) is 0 Å². The van der Waals surface area contributed by atoms with Gasteiger partial charge in [-0.1, -0.05) is 30.3 Å². The first kappa shape index (κ1) is 11.8. The summed E-state index contributed by atoms with van der Waals surface area (Å²) in [6.07, 6.45) is 4.07. The van der Waals surface area contributed by atoms with Gasteiger partial charge in [0.15, 0.2) is 0 Å². The van der Waals surface area contributed by atoms with Gasteiger partial charge in [0, 0.05) is 18.7 Å². The second-order valence-electron chi connectivity index (χ2n) is 5.01. The highest BCUT2D eigenvalue weighted by molar-refractivity contribution is 7.15. The molecule has 1 saturated heterocycles. The molecule has 3 rings (SSSR count). The van der Waals surface area contributed by atoms with Gasteiger partial charge in [-0.05, 0) is 42.7 Å². The minimum absolute atomic E-state index is 1.22. The Bertz CT molecular complexity index is 509. The Morgan fingerprint density at radius 3 is 2.44 bits per heavy atom. The monoisotopic (exact) mass is 257 g/mol. The molecule has 1 aromatic carbocycles. The molecule has 1 aliphatic rings. The van der Waals surface area contributed by atoms with Crippen LogP contribution in [0.3, 0.4) is 0 Å². The van der Waals surface area contributed by atoms with Gasteiger partial charge in [-0.2, -0.15) is 0 Å². The zero-order chi connectivity index (χ0) is 12.4. The largest absolute Gasteiger partial charge is 0.363 e. The second kappa shape index (κ2) is 5.15. The third kappa shape index (κ3) is 2.17. The Labute approximate surface area is 113 Å². The summed E-state index contributed by atoms with van der Waals surface area (Å²) in [7, 11) is 0. The average Bonchev–Trinajstić information content (AvgIpc) is 2.83. The van der Waals surface area contributed by atoms with Crippen LogP contribution in [0.2, 0.25) is 0 Å². The van der Waals surface area contributed by atoms with E-state index in [0.717, 1.165) is 0 Å². The molecule has 0 bridgehead atoms. The van der Waals surface area contributed by atoms with Crippen LogP contribution in [0.15, 0.2) is 35.7 Å². The summed E-state index contributed by atoms with van der Waals surface area (Å²) in [6.45, 7) is 4.67. The quantitative estimate of drug-likeness (QED) is 0.753. The van der Waals surface area contributed by atoms with Crippen LogP contribution < -0.4 is 4.90 Å². The normalized spacial score (nSPS) is 15.9. The van der Waals surface area contributed by atoms with Crippen LogP contribution in [-0.2, 0) is 0 Å². The highest BCUT2D eigenvalue weighted by Gasteiger charge is 2.18. The van der Waals surface area contributed by atoms with Crippen molar-refractivity contribution in [2.75, 3.05) is 18.0 Å². The van der Waals surface area contributed by atoms with Gasteiger partial charge in [0.2, 0.25) is 0 Å². The maximum Gasteiger partial charge on any atom is 0.0991 e. The number of thiophene rings is 1. The Hall–Kier alpha value is -1.28. The molecule has 2 heteroatoms. The molecule has 2 aromatic rings. The van der Waals surface area contributed by atoms with Crippen LogP contribution in [0.5, 0.6) is 0 Å². The number of nitrogens with zero attached hydrogens (tertiary/aromatic N) is 1. The second-order valence-corrected chi connectivity index (χ2v) is 5.87. The first-order valence-electron chi connectivity index (χ1n) is 6.75. The van der Waals surface area contributed by atoms with Crippen LogP contribution in [0.1, 0.15) is 24.8 Å². The standard InChI is InChI=1S/C16H19NS/c1-13-12-18-16(17-10-6-3-7-11-17)15(13)14-8-4-2-5-9-14/h2,4-5,8-9,12H,3,6-7,10-11H2,1H3. The molecule has 18 heavy (non-hydrogen) atoms. The Balaban J connectivity index is 2.01. The Morgan fingerprint density at radius 2 is 1.72 bits per heavy atom. The van der Waals surface area contributed by atoms with Gasteiger partial charge in [0.25, 0.3) is 0 Å². The summed E-state index contributed by atoms with van der Waals surface area (Å²) in [5.74, 6) is 0. The number of hydrogen-bond donors (Lipinski definition) is 0. The molecule has 0 amide bonds. The van der Waals surface area contributed by atoms with Crippen molar-refractivity contribution in [3.63, 3.8) is 0 Å². The van der Waals surface area contributed by atoms with Crippen molar-refractivity contribution in [1.29, 1.82) is 0 Å². The fraction of sp³-hybridized carbons (Fsp3) is 0.375. The van der Waals surface area contributed by atoms with Crippen LogP contribution in [0, 0.1) is 6.92 Å². The van der Waals surface area contributed by atoms with Crippen LogP contribution in [0.25, 0.3) is 11.1 Å². The van der Waals surface area contributed by atoms with E-state index in [-0.39, 0.29) is 0 Å². The fourth-order valence-electron chi connectivity index (χ4n) is 2.72. The summed E-state index contributed by atoms with van der Waals surface area (Å²) >= 11 is 1.90. The highest BCUT2D eigenvalue weighted by atomic mass is 32.1. The highest BCUT2D eigenvalue weighted by Crippen LogP contribution is 2.40. The first-order chi connectivity index (χ1) is 8.86. The first-order valence-corrected chi connectivity index (χ1v) is 7.62. The molecule has 0 N–H and O–H groups in total. The zero-order valence-electron chi connectivity index (χ0n) is 10.9. The lowest BCUT2D eigenvalue weighted by molar-refractivity contribution is 0.581. The minimum Gasteiger partial charge on any atom is -0.363 e. The van der Waals surface area contributed by atoms with Crippen molar-refractivity contribution in [2.24, 2.45) is 0 Å². The smallest absolute Gasteiger partial charge is 0.0991 e. The summed E-state index contributed by atoms with van der Waals surface area (Å²) in [4.78, 5) is 2.57. The van der Waals surface area contributed by atoms with Crippen LogP contribution in [-0.4, -0.2) is 13.1 Å². The van der Waals surface area contributed by atoms with Crippen molar-refractivity contribution < 1.29 is 0 Å². The van der Waals surface area contributed by atoms with E-state index in [0.29, 0.717) is 0 Å². The molecule has 1 aliphatic heterocycles. The molecule has 1 nitrogen and oxygen atoms in total.